The third-order valence-corrected chi connectivity index (χ3v) is 5.50. The Kier molecular flexibility index (Phi) is 5.02. The summed E-state index contributed by atoms with van der Waals surface area (Å²) in [6, 6.07) is 0. The number of nitrogens with one attached hydrogen (secondary N) is 1. The predicted octanol–water partition coefficient (Wildman–Crippen LogP) is 2.77. The fraction of sp³-hybridized carbons (Fsp3) is 0.733. The van der Waals surface area contributed by atoms with Gasteiger partial charge in [0, 0.05) is 12.5 Å². The summed E-state index contributed by atoms with van der Waals surface area (Å²) in [5.74, 6) is 0.379. The van der Waals surface area contributed by atoms with Crippen molar-refractivity contribution in [1.82, 2.24) is 15.1 Å². The van der Waals surface area contributed by atoms with Gasteiger partial charge in [-0.05, 0) is 55.2 Å². The van der Waals surface area contributed by atoms with Crippen LogP contribution >= 0.6 is 15.9 Å². The van der Waals surface area contributed by atoms with Crippen molar-refractivity contribution in [1.29, 1.82) is 0 Å². The fourth-order valence-corrected chi connectivity index (χ4v) is 3.74. The van der Waals surface area contributed by atoms with Crippen LogP contribution in [-0.4, -0.2) is 28.7 Å². The second-order valence-corrected chi connectivity index (χ2v) is 6.64. The van der Waals surface area contributed by atoms with Crippen molar-refractivity contribution >= 4 is 21.7 Å². The zero-order chi connectivity index (χ0) is 14.8. The molecule has 2 rings (SSSR count). The minimum absolute atomic E-state index is 0.127. The summed E-state index contributed by atoms with van der Waals surface area (Å²) < 4.78 is 2.81. The summed E-state index contributed by atoms with van der Waals surface area (Å²) in [4.78, 5) is 12.9. The third-order valence-electron chi connectivity index (χ3n) is 4.47. The van der Waals surface area contributed by atoms with Crippen molar-refractivity contribution in [2.24, 2.45) is 12.5 Å². The number of nitrogens with zero attached hydrogens (tertiary/aromatic N) is 2. The molecule has 0 aromatic carbocycles. The van der Waals surface area contributed by atoms with Gasteiger partial charge in [0.25, 0.3) is 0 Å². The minimum atomic E-state index is -0.127. The maximum Gasteiger partial charge on any atom is 0.145 e. The molecule has 0 atom stereocenters. The van der Waals surface area contributed by atoms with Crippen LogP contribution in [0.25, 0.3) is 0 Å². The van der Waals surface area contributed by atoms with Gasteiger partial charge in [0.05, 0.1) is 22.3 Å². The molecular weight excluding hydrogens is 318 g/mol. The number of hydrogen-bond acceptors (Lipinski definition) is 3. The molecule has 0 spiro atoms. The summed E-state index contributed by atoms with van der Waals surface area (Å²) in [5.41, 5.74) is 1.82. The molecule has 4 nitrogen and oxygen atoms in total. The predicted molar refractivity (Wildman–Crippen MR) is 83.8 cm³/mol. The molecule has 1 aliphatic rings. The van der Waals surface area contributed by atoms with Crippen LogP contribution in [0.15, 0.2) is 4.47 Å². The summed E-state index contributed by atoms with van der Waals surface area (Å²) in [6.45, 7) is 6.04. The smallest absolute Gasteiger partial charge is 0.145 e. The van der Waals surface area contributed by atoms with E-state index in [0.717, 1.165) is 54.6 Å². The van der Waals surface area contributed by atoms with E-state index in [2.05, 4.69) is 33.3 Å². The average molecular weight is 342 g/mol. The number of ketones is 1. The molecule has 0 radical (unpaired) electrons. The normalized spacial score (nSPS) is 18.2. The van der Waals surface area contributed by atoms with E-state index in [-0.39, 0.29) is 5.41 Å². The van der Waals surface area contributed by atoms with Crippen molar-refractivity contribution in [2.45, 2.75) is 46.0 Å². The number of aryl methyl sites for hydroxylation is 2. The number of piperidine rings is 1. The van der Waals surface area contributed by atoms with E-state index < -0.39 is 0 Å². The van der Waals surface area contributed by atoms with Gasteiger partial charge >= 0.3 is 0 Å². The number of hydrogen-bond donors (Lipinski definition) is 1. The van der Waals surface area contributed by atoms with Crippen molar-refractivity contribution in [3.8, 4) is 0 Å². The molecule has 112 valence electrons. The second-order valence-electron chi connectivity index (χ2n) is 5.85. The van der Waals surface area contributed by atoms with Gasteiger partial charge in [0.2, 0.25) is 0 Å². The van der Waals surface area contributed by atoms with Gasteiger partial charge in [-0.2, -0.15) is 5.10 Å². The Morgan fingerprint density at radius 3 is 2.60 bits per heavy atom. The van der Waals surface area contributed by atoms with Crippen LogP contribution < -0.4 is 5.32 Å². The van der Waals surface area contributed by atoms with Crippen LogP contribution in [0.4, 0.5) is 0 Å². The highest BCUT2D eigenvalue weighted by Crippen LogP contribution is 2.36. The Morgan fingerprint density at radius 1 is 1.45 bits per heavy atom. The Labute approximate surface area is 129 Å². The monoisotopic (exact) mass is 341 g/mol. The van der Waals surface area contributed by atoms with Gasteiger partial charge in [-0.1, -0.05) is 13.3 Å². The molecule has 1 N–H and O–H groups in total. The Bertz CT molecular complexity index is 484. The molecule has 1 aromatic heterocycles. The summed E-state index contributed by atoms with van der Waals surface area (Å²) in [6.07, 6.45) is 4.49. The zero-order valence-corrected chi connectivity index (χ0v) is 14.2. The average Bonchev–Trinajstić information content (AvgIpc) is 2.67. The van der Waals surface area contributed by atoms with Crippen LogP contribution in [0.2, 0.25) is 0 Å². The van der Waals surface area contributed by atoms with E-state index >= 15 is 0 Å². The Balaban J connectivity index is 2.20. The fourth-order valence-electron chi connectivity index (χ4n) is 3.26. The number of Topliss-reactive ketones (excluding diaryl/α,β-unsaturated/α-hetero) is 1. The quantitative estimate of drug-likeness (QED) is 0.895. The Morgan fingerprint density at radius 2 is 2.10 bits per heavy atom. The molecule has 0 saturated carbocycles. The maximum absolute atomic E-state index is 12.9. The van der Waals surface area contributed by atoms with Crippen LogP contribution in [0, 0.1) is 12.3 Å². The number of rotatable bonds is 5. The van der Waals surface area contributed by atoms with Crippen LogP contribution in [0.5, 0.6) is 0 Å². The first-order valence-corrected chi connectivity index (χ1v) is 8.21. The molecule has 0 unspecified atom stereocenters. The van der Waals surface area contributed by atoms with E-state index in [1.807, 2.05) is 18.7 Å². The summed E-state index contributed by atoms with van der Waals surface area (Å²) >= 11 is 3.56. The first-order valence-electron chi connectivity index (χ1n) is 7.42. The van der Waals surface area contributed by atoms with Crippen LogP contribution in [-0.2, 0) is 18.3 Å². The lowest BCUT2D eigenvalue weighted by atomic mass is 9.71. The van der Waals surface area contributed by atoms with Crippen molar-refractivity contribution < 1.29 is 4.79 Å². The van der Waals surface area contributed by atoms with E-state index in [9.17, 15) is 4.79 Å². The van der Waals surface area contributed by atoms with Crippen LogP contribution in [0.3, 0.4) is 0 Å². The molecule has 20 heavy (non-hydrogen) atoms. The molecule has 2 heterocycles. The topological polar surface area (TPSA) is 46.9 Å². The van der Waals surface area contributed by atoms with E-state index in [1.54, 1.807) is 0 Å². The van der Waals surface area contributed by atoms with E-state index in [4.69, 9.17) is 0 Å². The molecule has 0 amide bonds. The first kappa shape index (κ1) is 15.7. The van der Waals surface area contributed by atoms with Crippen molar-refractivity contribution in [2.75, 3.05) is 13.1 Å². The first-order chi connectivity index (χ1) is 9.50. The highest BCUT2D eigenvalue weighted by Gasteiger charge is 2.38. The zero-order valence-electron chi connectivity index (χ0n) is 12.6. The lowest BCUT2D eigenvalue weighted by Crippen LogP contribution is -2.43. The maximum atomic E-state index is 12.9. The summed E-state index contributed by atoms with van der Waals surface area (Å²) in [5, 5.41) is 7.75. The molecule has 0 aliphatic carbocycles. The van der Waals surface area contributed by atoms with Gasteiger partial charge < -0.3 is 5.32 Å². The minimum Gasteiger partial charge on any atom is -0.317 e. The van der Waals surface area contributed by atoms with Crippen molar-refractivity contribution in [3.63, 3.8) is 0 Å². The summed E-state index contributed by atoms with van der Waals surface area (Å²) in [7, 11) is 1.91. The third kappa shape index (κ3) is 2.98. The van der Waals surface area contributed by atoms with E-state index in [0.29, 0.717) is 12.2 Å². The number of halogens is 1. The number of aromatic nitrogens is 2. The van der Waals surface area contributed by atoms with Gasteiger partial charge in [-0.15, -0.1) is 0 Å². The molecule has 0 bridgehead atoms. The SMILES string of the molecule is CCCC1(C(=O)Cc2c(Br)c(C)nn2C)CCNCC1. The lowest BCUT2D eigenvalue weighted by molar-refractivity contribution is -0.130. The highest BCUT2D eigenvalue weighted by molar-refractivity contribution is 9.10. The van der Waals surface area contributed by atoms with Gasteiger partial charge in [-0.3, -0.25) is 9.48 Å². The highest BCUT2D eigenvalue weighted by atomic mass is 79.9. The Hall–Kier alpha value is -0.680. The molecule has 1 saturated heterocycles. The molecule has 1 aromatic rings. The molecule has 1 fully saturated rings. The van der Waals surface area contributed by atoms with Crippen molar-refractivity contribution in [3.05, 3.63) is 15.9 Å². The number of carbonyl (C=O) groups is 1. The molecule has 1 aliphatic heterocycles. The largest absolute Gasteiger partial charge is 0.317 e. The van der Waals surface area contributed by atoms with Gasteiger partial charge in [0.1, 0.15) is 5.78 Å². The standard InChI is InChI=1S/C15H24BrN3O/c1-4-5-15(6-8-17-9-7-15)13(20)10-12-14(16)11(2)18-19(12)3/h17H,4-10H2,1-3H3. The lowest BCUT2D eigenvalue weighted by Gasteiger charge is -2.36. The number of carbonyl (C=O) groups excluding carboxylic acids is 1. The van der Waals surface area contributed by atoms with E-state index in [1.165, 1.54) is 0 Å². The second kappa shape index (κ2) is 6.39. The van der Waals surface area contributed by atoms with Crippen LogP contribution in [0.1, 0.15) is 44.0 Å². The van der Waals surface area contributed by atoms with Gasteiger partial charge in [0.15, 0.2) is 0 Å². The molecular formula is C15H24BrN3O. The van der Waals surface area contributed by atoms with Gasteiger partial charge in [-0.25, -0.2) is 0 Å². The molecule has 5 heteroatoms.